The van der Waals surface area contributed by atoms with Crippen LogP contribution in [0.25, 0.3) is 11.0 Å². The highest BCUT2D eigenvalue weighted by Crippen LogP contribution is 2.35. The number of hydrogen-bond acceptors (Lipinski definition) is 8. The molecule has 0 spiro atoms. The van der Waals surface area contributed by atoms with Crippen LogP contribution in [-0.4, -0.2) is 74.3 Å². The number of carbonyl (C=O) groups excluding carboxylic acids is 1. The number of aromatic nitrogens is 5. The average molecular weight is 623 g/mol. The van der Waals surface area contributed by atoms with Gasteiger partial charge in [-0.15, -0.1) is 0 Å². The predicted molar refractivity (Wildman–Crippen MR) is 157 cm³/mol. The minimum atomic E-state index is -1.20. The third kappa shape index (κ3) is 7.73. The lowest BCUT2D eigenvalue weighted by molar-refractivity contribution is 0.0223. The van der Waals surface area contributed by atoms with Crippen molar-refractivity contribution in [1.29, 1.82) is 0 Å². The van der Waals surface area contributed by atoms with E-state index in [4.69, 9.17) is 24.2 Å². The first-order valence-corrected chi connectivity index (χ1v) is 17.7. The van der Waals surface area contributed by atoms with Crippen LogP contribution >= 0.6 is 15.9 Å². The number of nitrogens with zero attached hydrogens (tertiary/aromatic N) is 6. The lowest BCUT2D eigenvalue weighted by Gasteiger charge is -2.26. The van der Waals surface area contributed by atoms with Gasteiger partial charge in [0.25, 0.3) is 0 Å². The molecule has 1 saturated heterocycles. The topological polar surface area (TPSA) is 109 Å². The maximum Gasteiger partial charge on any atom is 0.410 e. The zero-order valence-corrected chi connectivity index (χ0v) is 26.7. The van der Waals surface area contributed by atoms with E-state index in [-0.39, 0.29) is 18.2 Å². The van der Waals surface area contributed by atoms with Gasteiger partial charge in [0.1, 0.15) is 18.4 Å². The molecule has 11 nitrogen and oxygen atoms in total. The standard InChI is InChI=1S/C26H40BrN7O4Si/c1-17-11-19(14-34(17)25(35)38-26(2,3)4)37-23-21-20(27)15-33(16-36-9-10-39(6,7)8)22(21)30-24(31-23)29-18-12-28-32(5)13-18/h12-13,15,17,19H,9-11,14,16H2,1-8H3,(H,29,30,31)/t17-,19+/m0/s1. The fourth-order valence-electron chi connectivity index (χ4n) is 4.30. The Morgan fingerprint density at radius 1 is 1.23 bits per heavy atom. The number of carbonyl (C=O) groups is 1. The van der Waals surface area contributed by atoms with Gasteiger partial charge in [-0.2, -0.15) is 15.1 Å². The van der Waals surface area contributed by atoms with Crippen molar-refractivity contribution in [2.45, 2.75) is 84.3 Å². The third-order valence-corrected chi connectivity index (χ3v) is 8.57. The first-order valence-electron chi connectivity index (χ1n) is 13.2. The van der Waals surface area contributed by atoms with Crippen molar-refractivity contribution < 1.29 is 19.0 Å². The van der Waals surface area contributed by atoms with Gasteiger partial charge in [0.2, 0.25) is 11.8 Å². The highest BCUT2D eigenvalue weighted by atomic mass is 79.9. The number of hydrogen-bond donors (Lipinski definition) is 1. The Bertz CT molecular complexity index is 1310. The first kappa shape index (κ1) is 29.3. The molecule has 0 saturated carbocycles. The van der Waals surface area contributed by atoms with E-state index in [9.17, 15) is 4.79 Å². The molecule has 1 aliphatic rings. The van der Waals surface area contributed by atoms with Crippen molar-refractivity contribution in [2.24, 2.45) is 7.05 Å². The largest absolute Gasteiger partial charge is 0.472 e. The Labute approximate surface area is 239 Å². The number of rotatable bonds is 9. The number of halogens is 1. The average Bonchev–Trinajstić information content (AvgIpc) is 3.46. The summed E-state index contributed by atoms with van der Waals surface area (Å²) in [6.45, 7) is 16.1. The molecule has 214 valence electrons. The smallest absolute Gasteiger partial charge is 0.410 e. The lowest BCUT2D eigenvalue weighted by Crippen LogP contribution is -2.39. The van der Waals surface area contributed by atoms with E-state index in [1.807, 2.05) is 51.7 Å². The molecule has 1 N–H and O–H groups in total. The van der Waals surface area contributed by atoms with Gasteiger partial charge in [0, 0.05) is 46.6 Å². The molecule has 0 aromatic carbocycles. The molecule has 0 unspecified atom stereocenters. The summed E-state index contributed by atoms with van der Waals surface area (Å²) in [6.07, 6.45) is 5.57. The molecule has 1 fully saturated rings. The summed E-state index contributed by atoms with van der Waals surface area (Å²) in [5, 5.41) is 8.21. The zero-order chi connectivity index (χ0) is 28.5. The van der Waals surface area contributed by atoms with Crippen molar-refractivity contribution in [3.63, 3.8) is 0 Å². The molecule has 3 aromatic heterocycles. The lowest BCUT2D eigenvalue weighted by atomic mass is 10.2. The van der Waals surface area contributed by atoms with Gasteiger partial charge in [0.05, 0.1) is 28.3 Å². The highest BCUT2D eigenvalue weighted by Gasteiger charge is 2.37. The van der Waals surface area contributed by atoms with Crippen LogP contribution in [0.2, 0.25) is 25.7 Å². The molecule has 4 heterocycles. The Hall–Kier alpha value is -2.64. The van der Waals surface area contributed by atoms with E-state index in [0.717, 1.165) is 21.6 Å². The van der Waals surface area contributed by atoms with E-state index in [1.54, 1.807) is 15.8 Å². The summed E-state index contributed by atoms with van der Waals surface area (Å²) < 4.78 is 22.6. The van der Waals surface area contributed by atoms with Crippen molar-refractivity contribution in [3.05, 3.63) is 23.1 Å². The number of nitrogens with one attached hydrogen (secondary N) is 1. The second-order valence-corrected chi connectivity index (χ2v) is 18.8. The summed E-state index contributed by atoms with van der Waals surface area (Å²) in [4.78, 5) is 24.0. The number of likely N-dealkylation sites (tertiary alicyclic amines) is 1. The van der Waals surface area contributed by atoms with Crippen LogP contribution in [0, 0.1) is 0 Å². The molecule has 0 aliphatic carbocycles. The Kier molecular flexibility index (Phi) is 8.62. The molecule has 0 bridgehead atoms. The van der Waals surface area contributed by atoms with E-state index < -0.39 is 13.7 Å². The zero-order valence-electron chi connectivity index (χ0n) is 24.1. The van der Waals surface area contributed by atoms with Crippen LogP contribution in [0.1, 0.15) is 34.1 Å². The van der Waals surface area contributed by atoms with Crippen LogP contribution in [0.4, 0.5) is 16.4 Å². The van der Waals surface area contributed by atoms with Gasteiger partial charge >= 0.3 is 6.09 Å². The van der Waals surface area contributed by atoms with Crippen LogP contribution < -0.4 is 10.1 Å². The first-order chi connectivity index (χ1) is 18.2. The minimum Gasteiger partial charge on any atom is -0.472 e. The van der Waals surface area contributed by atoms with Crippen LogP contribution in [-0.2, 0) is 23.3 Å². The van der Waals surface area contributed by atoms with Gasteiger partial charge in [-0.25, -0.2) is 4.79 Å². The van der Waals surface area contributed by atoms with Gasteiger partial charge in [-0.1, -0.05) is 19.6 Å². The third-order valence-electron chi connectivity index (χ3n) is 6.27. The second-order valence-electron chi connectivity index (χ2n) is 12.3. The summed E-state index contributed by atoms with van der Waals surface area (Å²) in [5.41, 5.74) is 0.880. The Morgan fingerprint density at radius 3 is 2.62 bits per heavy atom. The molecule has 0 radical (unpaired) electrons. The van der Waals surface area contributed by atoms with Gasteiger partial charge in [0.15, 0.2) is 5.65 Å². The van der Waals surface area contributed by atoms with E-state index in [1.165, 1.54) is 0 Å². The predicted octanol–water partition coefficient (Wildman–Crippen LogP) is 5.76. The normalized spacial score (nSPS) is 18.1. The molecule has 2 atom stereocenters. The van der Waals surface area contributed by atoms with Crippen LogP contribution in [0.3, 0.4) is 0 Å². The molecule has 1 aliphatic heterocycles. The fourth-order valence-corrected chi connectivity index (χ4v) is 5.65. The van der Waals surface area contributed by atoms with Crippen LogP contribution in [0.15, 0.2) is 23.1 Å². The minimum absolute atomic E-state index is 0.0250. The van der Waals surface area contributed by atoms with Crippen molar-refractivity contribution in [1.82, 2.24) is 29.2 Å². The molecular formula is C26H40BrN7O4Si. The van der Waals surface area contributed by atoms with E-state index in [2.05, 4.69) is 46.0 Å². The van der Waals surface area contributed by atoms with Gasteiger partial charge < -0.3 is 29.0 Å². The Morgan fingerprint density at radius 2 is 1.97 bits per heavy atom. The number of aryl methyl sites for hydroxylation is 1. The van der Waals surface area contributed by atoms with Crippen molar-refractivity contribution in [2.75, 3.05) is 18.5 Å². The molecule has 39 heavy (non-hydrogen) atoms. The quantitative estimate of drug-likeness (QED) is 0.237. The van der Waals surface area contributed by atoms with E-state index >= 15 is 0 Å². The highest BCUT2D eigenvalue weighted by molar-refractivity contribution is 9.10. The second kappa shape index (κ2) is 11.5. The summed E-state index contributed by atoms with van der Waals surface area (Å²) in [7, 11) is 0.648. The molecular weight excluding hydrogens is 582 g/mol. The number of amides is 1. The molecule has 13 heteroatoms. The number of ether oxygens (including phenoxy) is 3. The SMILES string of the molecule is C[C@H]1C[C@@H](Oc2nc(Nc3cnn(C)c3)nc3c2c(Br)cn3COCC[Si](C)(C)C)CN1C(=O)OC(C)(C)C. The maximum absolute atomic E-state index is 12.8. The van der Waals surface area contributed by atoms with Gasteiger partial charge in [-0.3, -0.25) is 4.68 Å². The van der Waals surface area contributed by atoms with Crippen LogP contribution in [0.5, 0.6) is 5.88 Å². The molecule has 3 aromatic rings. The monoisotopic (exact) mass is 621 g/mol. The van der Waals surface area contributed by atoms with Crippen molar-refractivity contribution in [3.8, 4) is 5.88 Å². The molecule has 1 amide bonds. The summed E-state index contributed by atoms with van der Waals surface area (Å²) >= 11 is 3.69. The Balaban J connectivity index is 1.60. The summed E-state index contributed by atoms with van der Waals surface area (Å²) in [6, 6.07) is 1.06. The molecule has 4 rings (SSSR count). The summed E-state index contributed by atoms with van der Waals surface area (Å²) in [5.74, 6) is 0.817. The number of anilines is 2. The fraction of sp³-hybridized carbons (Fsp3) is 0.615. The van der Waals surface area contributed by atoms with Gasteiger partial charge in [-0.05, 0) is 49.7 Å². The van der Waals surface area contributed by atoms with E-state index in [0.29, 0.717) is 43.8 Å². The maximum atomic E-state index is 12.8. The number of fused-ring (bicyclic) bond motifs is 1. The van der Waals surface area contributed by atoms with Crippen molar-refractivity contribution >= 4 is 52.8 Å².